The second kappa shape index (κ2) is 4.72. The Balaban J connectivity index is 2.19. The van der Waals surface area contributed by atoms with Crippen molar-refractivity contribution in [2.75, 3.05) is 0 Å². The van der Waals surface area contributed by atoms with Crippen molar-refractivity contribution >= 4 is 0 Å². The summed E-state index contributed by atoms with van der Waals surface area (Å²) in [6.45, 7) is 4.20. The van der Waals surface area contributed by atoms with Crippen LogP contribution in [-0.2, 0) is 13.5 Å². The Morgan fingerprint density at radius 1 is 1.29 bits per heavy atom. The van der Waals surface area contributed by atoms with E-state index in [0.717, 1.165) is 12.1 Å². The maximum Gasteiger partial charge on any atom is 0.0643 e. The molecule has 17 heavy (non-hydrogen) atoms. The molecule has 0 saturated heterocycles. The minimum Gasteiger partial charge on any atom is -0.324 e. The highest BCUT2D eigenvalue weighted by molar-refractivity contribution is 5.33. The summed E-state index contributed by atoms with van der Waals surface area (Å²) in [5, 5.41) is 4.36. The van der Waals surface area contributed by atoms with Gasteiger partial charge in [-0.05, 0) is 31.0 Å². The number of benzene rings is 1. The molecule has 1 unspecified atom stereocenters. The van der Waals surface area contributed by atoms with E-state index in [4.69, 9.17) is 5.73 Å². The second-order valence-electron chi connectivity index (χ2n) is 4.65. The van der Waals surface area contributed by atoms with Crippen molar-refractivity contribution in [3.63, 3.8) is 0 Å². The highest BCUT2D eigenvalue weighted by Crippen LogP contribution is 2.20. The summed E-state index contributed by atoms with van der Waals surface area (Å²) in [5.41, 5.74) is 11.0. The molecule has 90 valence electrons. The largest absolute Gasteiger partial charge is 0.324 e. The smallest absolute Gasteiger partial charge is 0.0643 e. The SMILES string of the molecule is Cc1ccc(C)c(C(N)Cc2ccn(C)n2)c1. The molecule has 2 N–H and O–H groups in total. The molecule has 0 fully saturated rings. The lowest BCUT2D eigenvalue weighted by molar-refractivity contribution is 0.672. The Labute approximate surface area is 102 Å². The van der Waals surface area contributed by atoms with E-state index in [2.05, 4.69) is 37.1 Å². The zero-order valence-electron chi connectivity index (χ0n) is 10.6. The van der Waals surface area contributed by atoms with Crippen LogP contribution in [0.25, 0.3) is 0 Å². The predicted octanol–water partition coefficient (Wildman–Crippen LogP) is 2.28. The van der Waals surface area contributed by atoms with Crippen LogP contribution in [0.3, 0.4) is 0 Å². The molecule has 0 spiro atoms. The molecule has 3 heteroatoms. The van der Waals surface area contributed by atoms with E-state index in [1.165, 1.54) is 16.7 Å². The van der Waals surface area contributed by atoms with Gasteiger partial charge in [0.05, 0.1) is 5.69 Å². The molecule has 0 radical (unpaired) electrons. The number of nitrogens with zero attached hydrogens (tertiary/aromatic N) is 2. The highest BCUT2D eigenvalue weighted by Gasteiger charge is 2.11. The fraction of sp³-hybridized carbons (Fsp3) is 0.357. The molecule has 0 aliphatic carbocycles. The zero-order valence-corrected chi connectivity index (χ0v) is 10.6. The van der Waals surface area contributed by atoms with Crippen molar-refractivity contribution in [3.05, 3.63) is 52.8 Å². The third kappa shape index (κ3) is 2.74. The van der Waals surface area contributed by atoms with E-state index in [0.29, 0.717) is 0 Å². The van der Waals surface area contributed by atoms with Crippen molar-refractivity contribution in [1.29, 1.82) is 0 Å². The number of hydrogen-bond donors (Lipinski definition) is 1. The fourth-order valence-electron chi connectivity index (χ4n) is 2.07. The van der Waals surface area contributed by atoms with Gasteiger partial charge >= 0.3 is 0 Å². The van der Waals surface area contributed by atoms with E-state index in [9.17, 15) is 0 Å². The van der Waals surface area contributed by atoms with Crippen LogP contribution in [0, 0.1) is 13.8 Å². The van der Waals surface area contributed by atoms with E-state index < -0.39 is 0 Å². The molecular weight excluding hydrogens is 210 g/mol. The monoisotopic (exact) mass is 229 g/mol. The molecule has 0 bridgehead atoms. The maximum absolute atomic E-state index is 6.26. The molecule has 0 aliphatic heterocycles. The molecule has 2 rings (SSSR count). The lowest BCUT2D eigenvalue weighted by Gasteiger charge is -2.14. The summed E-state index contributed by atoms with van der Waals surface area (Å²) in [6, 6.07) is 8.45. The zero-order chi connectivity index (χ0) is 12.4. The van der Waals surface area contributed by atoms with Gasteiger partial charge in [0.2, 0.25) is 0 Å². The van der Waals surface area contributed by atoms with Crippen molar-refractivity contribution < 1.29 is 0 Å². The van der Waals surface area contributed by atoms with Crippen LogP contribution in [0.15, 0.2) is 30.5 Å². The first-order valence-corrected chi connectivity index (χ1v) is 5.87. The van der Waals surface area contributed by atoms with Crippen LogP contribution < -0.4 is 5.73 Å². The van der Waals surface area contributed by atoms with Crippen LogP contribution in [0.1, 0.15) is 28.4 Å². The summed E-state index contributed by atoms with van der Waals surface area (Å²) in [6.07, 6.45) is 2.73. The third-order valence-corrected chi connectivity index (χ3v) is 3.03. The Kier molecular flexibility index (Phi) is 3.29. The van der Waals surface area contributed by atoms with Crippen molar-refractivity contribution in [1.82, 2.24) is 9.78 Å². The van der Waals surface area contributed by atoms with Crippen LogP contribution in [0.4, 0.5) is 0 Å². The summed E-state index contributed by atoms with van der Waals surface area (Å²) in [5.74, 6) is 0. The molecule has 0 amide bonds. The maximum atomic E-state index is 6.26. The number of aromatic nitrogens is 2. The van der Waals surface area contributed by atoms with Gasteiger partial charge in [0.15, 0.2) is 0 Å². The Bertz CT molecular complexity index is 514. The summed E-state index contributed by atoms with van der Waals surface area (Å²) in [7, 11) is 1.92. The van der Waals surface area contributed by atoms with Gasteiger partial charge in [0.25, 0.3) is 0 Å². The minimum atomic E-state index is 0.0183. The quantitative estimate of drug-likeness (QED) is 0.877. The topological polar surface area (TPSA) is 43.8 Å². The highest BCUT2D eigenvalue weighted by atomic mass is 15.2. The van der Waals surface area contributed by atoms with Gasteiger partial charge in [-0.1, -0.05) is 23.8 Å². The number of hydrogen-bond acceptors (Lipinski definition) is 2. The Morgan fingerprint density at radius 3 is 2.71 bits per heavy atom. The van der Waals surface area contributed by atoms with E-state index in [1.54, 1.807) is 0 Å². The molecule has 1 heterocycles. The number of rotatable bonds is 3. The summed E-state index contributed by atoms with van der Waals surface area (Å²) in [4.78, 5) is 0. The average molecular weight is 229 g/mol. The third-order valence-electron chi connectivity index (χ3n) is 3.03. The van der Waals surface area contributed by atoms with Crippen molar-refractivity contribution in [2.45, 2.75) is 26.3 Å². The van der Waals surface area contributed by atoms with Crippen LogP contribution in [0.2, 0.25) is 0 Å². The molecule has 1 atom stereocenters. The number of aryl methyl sites for hydroxylation is 3. The van der Waals surface area contributed by atoms with E-state index in [1.807, 2.05) is 24.0 Å². The van der Waals surface area contributed by atoms with Crippen LogP contribution >= 0.6 is 0 Å². The van der Waals surface area contributed by atoms with E-state index in [-0.39, 0.29) is 6.04 Å². The Morgan fingerprint density at radius 2 is 2.06 bits per heavy atom. The van der Waals surface area contributed by atoms with Gasteiger partial charge in [-0.3, -0.25) is 4.68 Å². The van der Waals surface area contributed by atoms with Crippen molar-refractivity contribution in [3.8, 4) is 0 Å². The molecule has 2 aromatic rings. The second-order valence-corrected chi connectivity index (χ2v) is 4.65. The molecule has 1 aromatic heterocycles. The molecule has 0 aliphatic rings. The lowest BCUT2D eigenvalue weighted by Crippen LogP contribution is -2.15. The molecular formula is C14H19N3. The first-order valence-electron chi connectivity index (χ1n) is 5.87. The van der Waals surface area contributed by atoms with Gasteiger partial charge in [-0.25, -0.2) is 0 Å². The lowest BCUT2D eigenvalue weighted by atomic mass is 9.96. The first kappa shape index (κ1) is 11.9. The standard InChI is InChI=1S/C14H19N3/c1-10-4-5-11(2)13(8-10)14(15)9-12-6-7-17(3)16-12/h4-8,14H,9,15H2,1-3H3. The predicted molar refractivity (Wildman–Crippen MR) is 69.8 cm³/mol. The normalized spacial score (nSPS) is 12.7. The summed E-state index contributed by atoms with van der Waals surface area (Å²) >= 11 is 0. The molecule has 1 aromatic carbocycles. The minimum absolute atomic E-state index is 0.0183. The first-order chi connectivity index (χ1) is 8.06. The molecule has 0 saturated carbocycles. The van der Waals surface area contributed by atoms with Gasteiger partial charge in [0, 0.05) is 25.7 Å². The van der Waals surface area contributed by atoms with Gasteiger partial charge in [-0.15, -0.1) is 0 Å². The van der Waals surface area contributed by atoms with Crippen LogP contribution in [-0.4, -0.2) is 9.78 Å². The fourth-order valence-corrected chi connectivity index (χ4v) is 2.07. The van der Waals surface area contributed by atoms with Crippen LogP contribution in [0.5, 0.6) is 0 Å². The van der Waals surface area contributed by atoms with Gasteiger partial charge in [-0.2, -0.15) is 5.10 Å². The van der Waals surface area contributed by atoms with Crippen molar-refractivity contribution in [2.24, 2.45) is 12.8 Å². The van der Waals surface area contributed by atoms with Gasteiger partial charge < -0.3 is 5.73 Å². The van der Waals surface area contributed by atoms with E-state index >= 15 is 0 Å². The molecule has 3 nitrogen and oxygen atoms in total. The Hall–Kier alpha value is -1.61. The number of nitrogens with two attached hydrogens (primary N) is 1. The van der Waals surface area contributed by atoms with Gasteiger partial charge in [0.1, 0.15) is 0 Å². The average Bonchev–Trinajstić information content (AvgIpc) is 2.67. The summed E-state index contributed by atoms with van der Waals surface area (Å²) < 4.78 is 1.81.